The van der Waals surface area contributed by atoms with Gasteiger partial charge in [-0.3, -0.25) is 5.32 Å². The highest BCUT2D eigenvalue weighted by atomic mass is 79.9. The Bertz CT molecular complexity index is 887. The number of phenols is 1. The molecule has 2 aromatic rings. The van der Waals surface area contributed by atoms with Gasteiger partial charge in [-0.1, -0.05) is 22.0 Å². The van der Waals surface area contributed by atoms with Crippen molar-refractivity contribution in [2.45, 2.75) is 19.1 Å². The smallest absolute Gasteiger partial charge is 0.412 e. The minimum atomic E-state index is -1.22. The third-order valence-electron chi connectivity index (χ3n) is 3.71. The first-order chi connectivity index (χ1) is 13.8. The Balaban J connectivity index is 2.31. The number of carbonyl (C=O) groups excluding carboxylic acids is 1. The number of amides is 1. The van der Waals surface area contributed by atoms with Crippen LogP contribution < -0.4 is 5.32 Å². The van der Waals surface area contributed by atoms with Gasteiger partial charge in [-0.15, -0.1) is 0 Å². The predicted molar refractivity (Wildman–Crippen MR) is 107 cm³/mol. The standard InChI is InChI=1S/C20H19BrFNO6/c1-2-28-17(9-10-18(25)26)19(12-3-8-16(24)15(22)11-12)29-20(27)23-14-6-4-13(21)5-7-14/h3-11,17,19,24H,2H2,1H3,(H,23,27)(H,25,26)/b10-9+/t17-,19-/m1/s1. The zero-order chi connectivity index (χ0) is 21.4. The molecule has 7 nitrogen and oxygen atoms in total. The summed E-state index contributed by atoms with van der Waals surface area (Å²) in [6.45, 7) is 1.86. The van der Waals surface area contributed by atoms with E-state index in [0.717, 1.165) is 22.7 Å². The zero-order valence-electron chi connectivity index (χ0n) is 15.3. The summed E-state index contributed by atoms with van der Waals surface area (Å²) in [5, 5.41) is 20.9. The molecule has 0 aliphatic heterocycles. The van der Waals surface area contributed by atoms with Crippen molar-refractivity contribution in [2.24, 2.45) is 0 Å². The van der Waals surface area contributed by atoms with Crippen LogP contribution in [0.3, 0.4) is 0 Å². The molecule has 0 saturated heterocycles. The molecule has 0 heterocycles. The van der Waals surface area contributed by atoms with Gasteiger partial charge in [0.15, 0.2) is 17.7 Å². The van der Waals surface area contributed by atoms with E-state index < -0.39 is 35.8 Å². The van der Waals surface area contributed by atoms with Crippen LogP contribution in [0.25, 0.3) is 0 Å². The van der Waals surface area contributed by atoms with Gasteiger partial charge in [-0.25, -0.2) is 14.0 Å². The number of carboxylic acids is 1. The first-order valence-corrected chi connectivity index (χ1v) is 9.33. The van der Waals surface area contributed by atoms with E-state index >= 15 is 0 Å². The molecular weight excluding hydrogens is 449 g/mol. The average molecular weight is 468 g/mol. The minimum absolute atomic E-state index is 0.180. The van der Waals surface area contributed by atoms with E-state index in [1.807, 2.05) is 0 Å². The van der Waals surface area contributed by atoms with Crippen LogP contribution in [-0.4, -0.2) is 35.0 Å². The van der Waals surface area contributed by atoms with E-state index in [4.69, 9.17) is 14.6 Å². The van der Waals surface area contributed by atoms with E-state index in [0.29, 0.717) is 5.69 Å². The van der Waals surface area contributed by atoms with Gasteiger partial charge >= 0.3 is 12.1 Å². The minimum Gasteiger partial charge on any atom is -0.505 e. The number of aromatic hydroxyl groups is 1. The first kappa shape index (κ1) is 22.4. The molecule has 2 atom stereocenters. The maximum Gasteiger partial charge on any atom is 0.412 e. The predicted octanol–water partition coefficient (Wildman–Crippen LogP) is 4.63. The van der Waals surface area contributed by atoms with Gasteiger partial charge in [-0.2, -0.15) is 0 Å². The number of nitrogens with one attached hydrogen (secondary N) is 1. The van der Waals surface area contributed by atoms with Crippen molar-refractivity contribution in [1.82, 2.24) is 0 Å². The van der Waals surface area contributed by atoms with E-state index in [2.05, 4.69) is 21.2 Å². The monoisotopic (exact) mass is 467 g/mol. The second-order valence-corrected chi connectivity index (χ2v) is 6.70. The molecule has 2 rings (SSSR count). The number of hydrogen-bond acceptors (Lipinski definition) is 5. The maximum atomic E-state index is 13.9. The number of benzene rings is 2. The molecule has 0 saturated carbocycles. The second-order valence-electron chi connectivity index (χ2n) is 5.79. The highest BCUT2D eigenvalue weighted by molar-refractivity contribution is 9.10. The number of anilines is 1. The molecule has 0 aliphatic carbocycles. The highest BCUT2D eigenvalue weighted by Gasteiger charge is 2.27. The quantitative estimate of drug-likeness (QED) is 0.488. The molecule has 0 aliphatic rings. The van der Waals surface area contributed by atoms with Crippen molar-refractivity contribution < 1.29 is 33.7 Å². The lowest BCUT2D eigenvalue weighted by Crippen LogP contribution is -2.28. The van der Waals surface area contributed by atoms with Gasteiger partial charge in [0, 0.05) is 22.8 Å². The lowest BCUT2D eigenvalue weighted by atomic mass is 10.0. The Morgan fingerprint density at radius 2 is 1.93 bits per heavy atom. The van der Waals surface area contributed by atoms with Gasteiger partial charge < -0.3 is 19.7 Å². The number of ether oxygens (including phenoxy) is 2. The Morgan fingerprint density at radius 3 is 2.52 bits per heavy atom. The number of aliphatic carboxylic acids is 1. The molecule has 154 valence electrons. The van der Waals surface area contributed by atoms with Gasteiger partial charge in [0.25, 0.3) is 0 Å². The van der Waals surface area contributed by atoms with Crippen LogP contribution in [0.4, 0.5) is 14.9 Å². The van der Waals surface area contributed by atoms with Crippen molar-refractivity contribution in [2.75, 3.05) is 11.9 Å². The molecule has 9 heteroatoms. The Hall–Kier alpha value is -2.91. The molecule has 2 aromatic carbocycles. The molecule has 0 spiro atoms. The highest BCUT2D eigenvalue weighted by Crippen LogP contribution is 2.29. The lowest BCUT2D eigenvalue weighted by Gasteiger charge is -2.25. The molecular formula is C20H19BrFNO6. The molecule has 0 unspecified atom stereocenters. The van der Waals surface area contributed by atoms with E-state index in [1.165, 1.54) is 12.1 Å². The average Bonchev–Trinajstić information content (AvgIpc) is 2.67. The summed E-state index contributed by atoms with van der Waals surface area (Å²) in [7, 11) is 0. The summed E-state index contributed by atoms with van der Waals surface area (Å²) >= 11 is 3.29. The normalized spacial score (nSPS) is 13.1. The fourth-order valence-electron chi connectivity index (χ4n) is 2.43. The summed E-state index contributed by atoms with van der Waals surface area (Å²) in [6.07, 6.45) is -0.972. The topological polar surface area (TPSA) is 105 Å². The van der Waals surface area contributed by atoms with Crippen LogP contribution in [0, 0.1) is 5.82 Å². The molecule has 0 aromatic heterocycles. The third kappa shape index (κ3) is 6.88. The molecule has 3 N–H and O–H groups in total. The SMILES string of the molecule is CCO[C@H](/C=C/C(=O)O)[C@H](OC(=O)Nc1ccc(Br)cc1)c1ccc(O)c(F)c1. The molecule has 0 fully saturated rings. The van der Waals surface area contributed by atoms with Crippen LogP contribution in [-0.2, 0) is 14.3 Å². The molecule has 29 heavy (non-hydrogen) atoms. The fraction of sp³-hybridized carbons (Fsp3) is 0.200. The number of hydrogen-bond donors (Lipinski definition) is 3. The Kier molecular flexibility index (Phi) is 8.17. The van der Waals surface area contributed by atoms with E-state index in [9.17, 15) is 19.1 Å². The van der Waals surface area contributed by atoms with Crippen LogP contribution in [0.15, 0.2) is 59.1 Å². The van der Waals surface area contributed by atoms with Crippen molar-refractivity contribution in [3.05, 3.63) is 70.5 Å². The third-order valence-corrected chi connectivity index (χ3v) is 4.24. The van der Waals surface area contributed by atoms with Crippen LogP contribution in [0.5, 0.6) is 5.75 Å². The number of carboxylic acid groups (broad SMARTS) is 1. The molecule has 1 amide bonds. The zero-order valence-corrected chi connectivity index (χ0v) is 16.9. The largest absolute Gasteiger partial charge is 0.505 e. The number of halogens is 2. The summed E-state index contributed by atoms with van der Waals surface area (Å²) in [5.41, 5.74) is 0.641. The van der Waals surface area contributed by atoms with Crippen molar-refractivity contribution in [1.29, 1.82) is 0 Å². The van der Waals surface area contributed by atoms with Crippen LogP contribution in [0.2, 0.25) is 0 Å². The molecule has 0 bridgehead atoms. The fourth-order valence-corrected chi connectivity index (χ4v) is 2.70. The maximum absolute atomic E-state index is 13.9. The van der Waals surface area contributed by atoms with Gasteiger partial charge in [0.2, 0.25) is 0 Å². The van der Waals surface area contributed by atoms with Gasteiger partial charge in [0.1, 0.15) is 6.10 Å². The number of phenolic OH excluding ortho intramolecular Hbond substituents is 1. The van der Waals surface area contributed by atoms with E-state index in [-0.39, 0.29) is 12.2 Å². The summed E-state index contributed by atoms with van der Waals surface area (Å²) in [5.74, 6) is -2.70. The van der Waals surface area contributed by atoms with Crippen LogP contribution in [0.1, 0.15) is 18.6 Å². The van der Waals surface area contributed by atoms with Gasteiger partial charge in [0.05, 0.1) is 0 Å². The van der Waals surface area contributed by atoms with Gasteiger partial charge in [-0.05, 0) is 55.0 Å². The second kappa shape index (κ2) is 10.6. The van der Waals surface area contributed by atoms with Crippen molar-refractivity contribution in [3.8, 4) is 5.75 Å². The van der Waals surface area contributed by atoms with Crippen molar-refractivity contribution in [3.63, 3.8) is 0 Å². The number of rotatable bonds is 8. The number of carbonyl (C=O) groups is 2. The summed E-state index contributed by atoms with van der Waals surface area (Å²) < 4.78 is 25.6. The lowest BCUT2D eigenvalue weighted by molar-refractivity contribution is -0.131. The first-order valence-electron chi connectivity index (χ1n) is 8.54. The Labute approximate surface area is 174 Å². The Morgan fingerprint density at radius 1 is 1.24 bits per heavy atom. The van der Waals surface area contributed by atoms with E-state index in [1.54, 1.807) is 31.2 Å². The van der Waals surface area contributed by atoms with Crippen molar-refractivity contribution >= 4 is 33.7 Å². The summed E-state index contributed by atoms with van der Waals surface area (Å²) in [4.78, 5) is 23.3. The summed E-state index contributed by atoms with van der Waals surface area (Å²) in [6, 6.07) is 10.2. The molecule has 0 radical (unpaired) electrons. The van der Waals surface area contributed by atoms with Crippen LogP contribution >= 0.6 is 15.9 Å².